The van der Waals surface area contributed by atoms with Crippen LogP contribution in [0.2, 0.25) is 5.02 Å². The van der Waals surface area contributed by atoms with Crippen LogP contribution in [0.25, 0.3) is 0 Å². The van der Waals surface area contributed by atoms with Gasteiger partial charge in [0.05, 0.1) is 17.7 Å². The standard InChI is InChI=1S/C21H21ClN4O5/c22-18-8-5-14(9-19(18)26(29)30)11-24-25-20(27)12-23-21(28)13-31-17-7-6-15-3-1-2-4-16(15)10-17/h5-11H,1-4,12-13H2,(H,23,28)(H,25,27). The summed E-state index contributed by atoms with van der Waals surface area (Å²) in [4.78, 5) is 34.0. The van der Waals surface area contributed by atoms with Crippen molar-refractivity contribution in [1.29, 1.82) is 0 Å². The van der Waals surface area contributed by atoms with Crippen molar-refractivity contribution < 1.29 is 19.2 Å². The number of carbonyl (C=O) groups is 2. The SMILES string of the molecule is O=C(COc1ccc2c(c1)CCCC2)NCC(=O)NN=Cc1ccc(Cl)c([N+](=O)[O-])c1. The van der Waals surface area contributed by atoms with Gasteiger partial charge in [-0.1, -0.05) is 23.7 Å². The lowest BCUT2D eigenvalue weighted by molar-refractivity contribution is -0.384. The summed E-state index contributed by atoms with van der Waals surface area (Å²) in [5.41, 5.74) is 4.94. The minimum absolute atomic E-state index is 0.00602. The van der Waals surface area contributed by atoms with Gasteiger partial charge in [-0.25, -0.2) is 5.43 Å². The summed E-state index contributed by atoms with van der Waals surface area (Å²) < 4.78 is 5.51. The van der Waals surface area contributed by atoms with Crippen molar-refractivity contribution in [3.63, 3.8) is 0 Å². The van der Waals surface area contributed by atoms with Crippen molar-refractivity contribution in [3.8, 4) is 5.75 Å². The number of hydrogen-bond donors (Lipinski definition) is 2. The second-order valence-corrected chi connectivity index (χ2v) is 7.37. The first-order chi connectivity index (χ1) is 14.9. The molecule has 0 atom stereocenters. The van der Waals surface area contributed by atoms with Crippen molar-refractivity contribution in [2.24, 2.45) is 5.10 Å². The number of benzene rings is 2. The quantitative estimate of drug-likeness (QED) is 0.368. The zero-order chi connectivity index (χ0) is 22.2. The highest BCUT2D eigenvalue weighted by atomic mass is 35.5. The molecule has 3 rings (SSSR count). The Morgan fingerprint density at radius 2 is 1.90 bits per heavy atom. The molecule has 0 fully saturated rings. The van der Waals surface area contributed by atoms with Crippen molar-refractivity contribution in [3.05, 3.63) is 68.2 Å². The van der Waals surface area contributed by atoms with E-state index in [1.165, 1.54) is 42.0 Å². The van der Waals surface area contributed by atoms with E-state index in [0.717, 1.165) is 19.3 Å². The lowest BCUT2D eigenvalue weighted by Crippen LogP contribution is -2.37. The minimum atomic E-state index is -0.611. The molecule has 1 aliphatic carbocycles. The number of nitro groups is 1. The highest BCUT2D eigenvalue weighted by Gasteiger charge is 2.13. The van der Waals surface area contributed by atoms with Crippen molar-refractivity contribution in [2.45, 2.75) is 25.7 Å². The normalized spacial score (nSPS) is 12.8. The van der Waals surface area contributed by atoms with Gasteiger partial charge in [-0.15, -0.1) is 0 Å². The molecule has 10 heteroatoms. The second-order valence-electron chi connectivity index (χ2n) is 6.96. The average Bonchev–Trinajstić information content (AvgIpc) is 2.77. The summed E-state index contributed by atoms with van der Waals surface area (Å²) in [5.74, 6) is -0.367. The van der Waals surface area contributed by atoms with Gasteiger partial charge < -0.3 is 10.1 Å². The predicted molar refractivity (Wildman–Crippen MR) is 115 cm³/mol. The Bertz CT molecular complexity index is 1020. The molecule has 0 saturated carbocycles. The number of rotatable bonds is 8. The maximum Gasteiger partial charge on any atom is 0.288 e. The fraction of sp³-hybridized carbons (Fsp3) is 0.286. The van der Waals surface area contributed by atoms with Crippen molar-refractivity contribution in [1.82, 2.24) is 10.7 Å². The summed E-state index contributed by atoms with van der Waals surface area (Å²) in [6.45, 7) is -0.492. The van der Waals surface area contributed by atoms with Gasteiger partial charge in [0.15, 0.2) is 6.61 Å². The van der Waals surface area contributed by atoms with E-state index in [4.69, 9.17) is 16.3 Å². The Balaban J connectivity index is 1.40. The molecule has 0 spiro atoms. The van der Waals surface area contributed by atoms with Gasteiger partial charge in [-0.2, -0.15) is 5.10 Å². The Morgan fingerprint density at radius 1 is 1.13 bits per heavy atom. The molecule has 31 heavy (non-hydrogen) atoms. The number of ether oxygens (including phenoxy) is 1. The van der Waals surface area contributed by atoms with Crippen LogP contribution in [0.1, 0.15) is 29.5 Å². The molecule has 2 aromatic carbocycles. The molecule has 0 bridgehead atoms. The van der Waals surface area contributed by atoms with E-state index < -0.39 is 16.7 Å². The Labute approximate surface area is 183 Å². The number of nitrogens with one attached hydrogen (secondary N) is 2. The maximum absolute atomic E-state index is 11.9. The Morgan fingerprint density at radius 3 is 2.68 bits per heavy atom. The van der Waals surface area contributed by atoms with E-state index in [1.807, 2.05) is 18.2 Å². The smallest absolute Gasteiger partial charge is 0.288 e. The molecule has 162 valence electrons. The topological polar surface area (TPSA) is 123 Å². The van der Waals surface area contributed by atoms with Crippen LogP contribution in [-0.2, 0) is 22.4 Å². The third kappa shape index (κ3) is 6.51. The molecule has 0 unspecified atom stereocenters. The van der Waals surface area contributed by atoms with Crippen molar-refractivity contribution in [2.75, 3.05) is 13.2 Å². The molecule has 2 aromatic rings. The average molecular weight is 445 g/mol. The van der Waals surface area contributed by atoms with Gasteiger partial charge in [0, 0.05) is 11.6 Å². The zero-order valence-corrected chi connectivity index (χ0v) is 17.4. The summed E-state index contributed by atoms with van der Waals surface area (Å²) in [7, 11) is 0. The van der Waals surface area contributed by atoms with E-state index in [-0.39, 0.29) is 23.9 Å². The van der Waals surface area contributed by atoms with Gasteiger partial charge in [0.1, 0.15) is 10.8 Å². The van der Waals surface area contributed by atoms with Gasteiger partial charge in [0.25, 0.3) is 17.5 Å². The Kier molecular flexibility index (Phi) is 7.55. The molecule has 0 heterocycles. The number of hydrazone groups is 1. The molecular formula is C21H21ClN4O5. The summed E-state index contributed by atoms with van der Waals surface area (Å²) in [6.07, 6.45) is 5.68. The van der Waals surface area contributed by atoms with E-state index >= 15 is 0 Å². The molecule has 0 aliphatic heterocycles. The third-order valence-electron chi connectivity index (χ3n) is 4.71. The molecule has 0 radical (unpaired) electrons. The number of nitro benzene ring substituents is 1. The third-order valence-corrected chi connectivity index (χ3v) is 5.03. The van der Waals surface area contributed by atoms with E-state index in [0.29, 0.717) is 11.3 Å². The molecule has 0 aromatic heterocycles. The van der Waals surface area contributed by atoms with Crippen LogP contribution in [0.15, 0.2) is 41.5 Å². The van der Waals surface area contributed by atoms with Crippen LogP contribution < -0.4 is 15.5 Å². The number of carbonyl (C=O) groups excluding carboxylic acids is 2. The summed E-state index contributed by atoms with van der Waals surface area (Å²) >= 11 is 5.74. The van der Waals surface area contributed by atoms with Gasteiger partial charge >= 0.3 is 0 Å². The molecule has 9 nitrogen and oxygen atoms in total. The first-order valence-corrected chi connectivity index (χ1v) is 10.1. The molecule has 2 amide bonds. The highest BCUT2D eigenvalue weighted by molar-refractivity contribution is 6.32. The van der Waals surface area contributed by atoms with Gasteiger partial charge in [-0.05, 0) is 55.0 Å². The lowest BCUT2D eigenvalue weighted by Gasteiger charge is -2.16. The number of amides is 2. The number of fused-ring (bicyclic) bond motifs is 1. The van der Waals surface area contributed by atoms with Crippen LogP contribution >= 0.6 is 11.6 Å². The monoisotopic (exact) mass is 444 g/mol. The largest absolute Gasteiger partial charge is 0.484 e. The molecule has 2 N–H and O–H groups in total. The van der Waals surface area contributed by atoms with Gasteiger partial charge in [0.2, 0.25) is 0 Å². The second kappa shape index (κ2) is 10.5. The number of hydrogen-bond acceptors (Lipinski definition) is 6. The predicted octanol–water partition coefficient (Wildman–Crippen LogP) is 2.77. The molecule has 0 saturated heterocycles. The lowest BCUT2D eigenvalue weighted by atomic mass is 9.92. The zero-order valence-electron chi connectivity index (χ0n) is 16.6. The first-order valence-electron chi connectivity index (χ1n) is 9.69. The van der Waals surface area contributed by atoms with Crippen LogP contribution in [0.5, 0.6) is 5.75 Å². The molecular weight excluding hydrogens is 424 g/mol. The van der Waals surface area contributed by atoms with Crippen LogP contribution in [0, 0.1) is 10.1 Å². The van der Waals surface area contributed by atoms with E-state index in [1.54, 1.807) is 0 Å². The van der Waals surface area contributed by atoms with Crippen LogP contribution in [-0.4, -0.2) is 36.1 Å². The fourth-order valence-corrected chi connectivity index (χ4v) is 3.33. The number of aryl methyl sites for hydroxylation is 2. The molecule has 1 aliphatic rings. The first kappa shape index (κ1) is 22.2. The summed E-state index contributed by atoms with van der Waals surface area (Å²) in [5, 5.41) is 17.0. The van der Waals surface area contributed by atoms with E-state index in [2.05, 4.69) is 15.8 Å². The maximum atomic E-state index is 11.9. The minimum Gasteiger partial charge on any atom is -0.484 e. The number of nitrogens with zero attached hydrogens (tertiary/aromatic N) is 2. The van der Waals surface area contributed by atoms with Crippen LogP contribution in [0.4, 0.5) is 5.69 Å². The fourth-order valence-electron chi connectivity index (χ4n) is 3.15. The van der Waals surface area contributed by atoms with Crippen LogP contribution in [0.3, 0.4) is 0 Å². The number of halogens is 1. The van der Waals surface area contributed by atoms with Crippen molar-refractivity contribution >= 4 is 35.3 Å². The Hall–Kier alpha value is -3.46. The van der Waals surface area contributed by atoms with E-state index in [9.17, 15) is 19.7 Å². The summed E-state index contributed by atoms with van der Waals surface area (Å²) in [6, 6.07) is 9.96. The highest BCUT2D eigenvalue weighted by Crippen LogP contribution is 2.25. The van der Waals surface area contributed by atoms with Gasteiger partial charge in [-0.3, -0.25) is 19.7 Å².